The molecule has 0 saturated carbocycles. The van der Waals surface area contributed by atoms with Crippen molar-refractivity contribution in [1.82, 2.24) is 0 Å². The van der Waals surface area contributed by atoms with Gasteiger partial charge in [0.25, 0.3) is 0 Å². The van der Waals surface area contributed by atoms with Gasteiger partial charge in [0.2, 0.25) is 0 Å². The van der Waals surface area contributed by atoms with Gasteiger partial charge in [-0.25, -0.2) is 4.57 Å². The quantitative estimate of drug-likeness (QED) is 0.130. The summed E-state index contributed by atoms with van der Waals surface area (Å²) < 4.78 is 25.5. The first-order valence-corrected chi connectivity index (χ1v) is 13.4. The maximum atomic E-state index is 12.0. The van der Waals surface area contributed by atoms with Crippen LogP contribution in [0, 0.1) is 0 Å². The second-order valence-electron chi connectivity index (χ2n) is 7.97. The number of unbranched alkanes of at least 4 members (excludes halogenated alkanes) is 11. The molecular formula is C22H43O8P. The molecule has 0 saturated heterocycles. The summed E-state index contributed by atoms with van der Waals surface area (Å²) in [4.78, 5) is 41.2. The zero-order chi connectivity index (χ0) is 23.4. The van der Waals surface area contributed by atoms with Crippen molar-refractivity contribution in [2.75, 3.05) is 13.2 Å². The van der Waals surface area contributed by atoms with E-state index in [1.807, 2.05) is 6.92 Å². The number of carbonyl (C=O) groups is 2. The van der Waals surface area contributed by atoms with Gasteiger partial charge in [-0.1, -0.05) is 84.5 Å². The van der Waals surface area contributed by atoms with Crippen LogP contribution in [0.2, 0.25) is 0 Å². The number of phosphoric acid groups is 1. The van der Waals surface area contributed by atoms with Crippen LogP contribution in [0.4, 0.5) is 0 Å². The maximum absolute atomic E-state index is 12.0. The number of carbonyl (C=O) groups excluding carboxylic acids is 2. The number of esters is 2. The van der Waals surface area contributed by atoms with E-state index < -0.39 is 32.5 Å². The van der Waals surface area contributed by atoms with Crippen molar-refractivity contribution in [3.05, 3.63) is 0 Å². The molecule has 0 amide bonds. The fraction of sp³-hybridized carbons (Fsp3) is 0.909. The van der Waals surface area contributed by atoms with Gasteiger partial charge < -0.3 is 19.3 Å². The molecule has 0 radical (unpaired) electrons. The summed E-state index contributed by atoms with van der Waals surface area (Å²) in [5.41, 5.74) is 0. The maximum Gasteiger partial charge on any atom is 0.469 e. The van der Waals surface area contributed by atoms with E-state index in [9.17, 15) is 14.2 Å². The Morgan fingerprint density at radius 1 is 0.710 bits per heavy atom. The molecule has 184 valence electrons. The van der Waals surface area contributed by atoms with E-state index in [1.165, 1.54) is 51.4 Å². The lowest BCUT2D eigenvalue weighted by Gasteiger charge is -2.18. The molecule has 0 rings (SSSR count). The fourth-order valence-corrected chi connectivity index (χ4v) is 3.47. The van der Waals surface area contributed by atoms with Crippen molar-refractivity contribution >= 4 is 19.8 Å². The highest BCUT2D eigenvalue weighted by atomic mass is 31.2. The van der Waals surface area contributed by atoms with Crippen LogP contribution in [0.1, 0.15) is 110 Å². The molecule has 0 heterocycles. The number of hydrogen-bond acceptors (Lipinski definition) is 6. The van der Waals surface area contributed by atoms with Gasteiger partial charge in [0.05, 0.1) is 6.61 Å². The second kappa shape index (κ2) is 19.7. The zero-order valence-electron chi connectivity index (χ0n) is 19.4. The largest absolute Gasteiger partial charge is 0.469 e. The summed E-state index contributed by atoms with van der Waals surface area (Å²) >= 11 is 0. The van der Waals surface area contributed by atoms with E-state index in [0.717, 1.165) is 19.3 Å². The highest BCUT2D eigenvalue weighted by Crippen LogP contribution is 2.35. The van der Waals surface area contributed by atoms with Crippen LogP contribution >= 0.6 is 7.82 Å². The standard InChI is InChI=1S/C22H43O8P/c1-3-5-6-7-8-9-10-11-12-13-14-15-17-22(24)30-20(19-29-31(25,26)27)18-28-21(23)16-4-2/h20H,3-19H2,1-2H3,(H2,25,26,27). The number of hydrogen-bond donors (Lipinski definition) is 2. The summed E-state index contributed by atoms with van der Waals surface area (Å²) in [7, 11) is -4.70. The monoisotopic (exact) mass is 466 g/mol. The third kappa shape index (κ3) is 22.0. The molecule has 0 aliphatic heterocycles. The molecule has 0 aromatic rings. The van der Waals surface area contributed by atoms with Gasteiger partial charge in [-0.15, -0.1) is 0 Å². The van der Waals surface area contributed by atoms with Crippen molar-refractivity contribution < 1.29 is 37.9 Å². The first-order valence-electron chi connectivity index (χ1n) is 11.8. The van der Waals surface area contributed by atoms with Gasteiger partial charge in [-0.05, 0) is 12.8 Å². The molecule has 0 fully saturated rings. The highest BCUT2D eigenvalue weighted by molar-refractivity contribution is 7.46. The lowest BCUT2D eigenvalue weighted by atomic mass is 10.0. The Hall–Kier alpha value is -0.950. The second-order valence-corrected chi connectivity index (χ2v) is 9.21. The smallest absolute Gasteiger partial charge is 0.462 e. The Kier molecular flexibility index (Phi) is 19.1. The third-order valence-corrected chi connectivity index (χ3v) is 5.33. The summed E-state index contributed by atoms with van der Waals surface area (Å²) in [6.45, 7) is 3.23. The average molecular weight is 467 g/mol. The minimum Gasteiger partial charge on any atom is -0.462 e. The Morgan fingerprint density at radius 2 is 1.23 bits per heavy atom. The molecule has 1 atom stereocenters. The van der Waals surface area contributed by atoms with E-state index in [2.05, 4.69) is 11.4 Å². The Labute approximate surface area is 187 Å². The molecule has 0 aromatic carbocycles. The van der Waals surface area contributed by atoms with Gasteiger partial charge in [-0.3, -0.25) is 14.1 Å². The SMILES string of the molecule is CCCCCCCCCCCCCCC(=O)OC(COC(=O)CCC)COP(=O)(O)O. The minimum absolute atomic E-state index is 0.215. The van der Waals surface area contributed by atoms with E-state index in [1.54, 1.807) is 0 Å². The minimum atomic E-state index is -4.70. The summed E-state index contributed by atoms with van der Waals surface area (Å²) in [5, 5.41) is 0. The molecule has 0 aromatic heterocycles. The Bertz CT molecular complexity index is 506. The lowest BCUT2D eigenvalue weighted by molar-refractivity contribution is -0.161. The van der Waals surface area contributed by atoms with Crippen molar-refractivity contribution in [3.63, 3.8) is 0 Å². The highest BCUT2D eigenvalue weighted by Gasteiger charge is 2.22. The number of phosphoric ester groups is 1. The Morgan fingerprint density at radius 3 is 1.71 bits per heavy atom. The molecule has 0 bridgehead atoms. The van der Waals surface area contributed by atoms with Crippen molar-refractivity contribution in [2.45, 2.75) is 116 Å². The van der Waals surface area contributed by atoms with Gasteiger partial charge >= 0.3 is 19.8 Å². The van der Waals surface area contributed by atoms with E-state index in [-0.39, 0.29) is 19.4 Å². The van der Waals surface area contributed by atoms with E-state index in [0.29, 0.717) is 12.8 Å². The summed E-state index contributed by atoms with van der Waals surface area (Å²) in [6.07, 6.45) is 14.3. The molecule has 9 heteroatoms. The van der Waals surface area contributed by atoms with Gasteiger partial charge in [0.1, 0.15) is 6.61 Å². The zero-order valence-corrected chi connectivity index (χ0v) is 20.3. The molecule has 1 unspecified atom stereocenters. The van der Waals surface area contributed by atoms with Crippen molar-refractivity contribution in [2.24, 2.45) is 0 Å². The Balaban J connectivity index is 3.92. The molecule has 2 N–H and O–H groups in total. The molecule has 0 spiro atoms. The van der Waals surface area contributed by atoms with Crippen molar-refractivity contribution in [3.8, 4) is 0 Å². The predicted molar refractivity (Wildman–Crippen MR) is 119 cm³/mol. The van der Waals surface area contributed by atoms with Crippen molar-refractivity contribution in [1.29, 1.82) is 0 Å². The molecule has 0 aliphatic rings. The van der Waals surface area contributed by atoms with E-state index >= 15 is 0 Å². The summed E-state index contributed by atoms with van der Waals surface area (Å²) in [5.74, 6) is -0.946. The van der Waals surface area contributed by atoms with Crippen LogP contribution in [0.25, 0.3) is 0 Å². The van der Waals surface area contributed by atoms with Crippen LogP contribution in [0.5, 0.6) is 0 Å². The van der Waals surface area contributed by atoms with Gasteiger partial charge in [0, 0.05) is 12.8 Å². The fourth-order valence-electron chi connectivity index (χ4n) is 3.11. The van der Waals surface area contributed by atoms with E-state index in [4.69, 9.17) is 19.3 Å². The average Bonchev–Trinajstić information content (AvgIpc) is 2.70. The van der Waals surface area contributed by atoms with Crippen LogP contribution in [0.15, 0.2) is 0 Å². The van der Waals surface area contributed by atoms with Crippen LogP contribution in [-0.2, 0) is 28.2 Å². The van der Waals surface area contributed by atoms with Crippen LogP contribution in [0.3, 0.4) is 0 Å². The third-order valence-electron chi connectivity index (χ3n) is 4.85. The number of rotatable bonds is 21. The molecule has 8 nitrogen and oxygen atoms in total. The number of ether oxygens (including phenoxy) is 2. The lowest BCUT2D eigenvalue weighted by Crippen LogP contribution is -2.29. The van der Waals surface area contributed by atoms with Gasteiger partial charge in [0.15, 0.2) is 6.10 Å². The predicted octanol–water partition coefficient (Wildman–Crippen LogP) is 5.44. The molecule has 31 heavy (non-hydrogen) atoms. The normalized spacial score (nSPS) is 12.5. The first kappa shape index (κ1) is 30.0. The molecular weight excluding hydrogens is 423 g/mol. The first-order chi connectivity index (χ1) is 14.8. The topological polar surface area (TPSA) is 119 Å². The van der Waals surface area contributed by atoms with Crippen LogP contribution < -0.4 is 0 Å². The van der Waals surface area contributed by atoms with Crippen LogP contribution in [-0.4, -0.2) is 41.0 Å². The van der Waals surface area contributed by atoms with Gasteiger partial charge in [-0.2, -0.15) is 0 Å². The summed E-state index contributed by atoms with van der Waals surface area (Å²) in [6, 6.07) is 0. The molecule has 0 aliphatic carbocycles.